The number of carbonyl (C=O) groups excluding carboxylic acids is 1. The van der Waals surface area contributed by atoms with Crippen LogP contribution in [0.2, 0.25) is 0 Å². The highest BCUT2D eigenvalue weighted by atomic mass is 16.1. The number of benzene rings is 1. The molecule has 1 N–H and O–H groups in total. The van der Waals surface area contributed by atoms with Gasteiger partial charge >= 0.3 is 0 Å². The minimum absolute atomic E-state index is 0.0152. The van der Waals surface area contributed by atoms with Crippen molar-refractivity contribution in [1.29, 1.82) is 0 Å². The lowest BCUT2D eigenvalue weighted by atomic mass is 10.1. The van der Waals surface area contributed by atoms with Crippen LogP contribution in [0.15, 0.2) is 30.3 Å². The Morgan fingerprint density at radius 3 is 2.61 bits per heavy atom. The molecule has 1 aromatic heterocycles. The number of fused-ring (bicyclic) bond motifs is 1. The van der Waals surface area contributed by atoms with E-state index in [4.69, 9.17) is 0 Å². The zero-order valence-electron chi connectivity index (χ0n) is 14.2. The van der Waals surface area contributed by atoms with Crippen LogP contribution in [0.25, 0.3) is 5.69 Å². The van der Waals surface area contributed by atoms with Crippen molar-refractivity contribution in [3.05, 3.63) is 52.8 Å². The van der Waals surface area contributed by atoms with Crippen LogP contribution in [0.5, 0.6) is 0 Å². The Kier molecular flexibility index (Phi) is 4.85. The van der Waals surface area contributed by atoms with Gasteiger partial charge in [0.25, 0.3) is 5.91 Å². The number of aryl methyl sites for hydroxylation is 2. The summed E-state index contributed by atoms with van der Waals surface area (Å²) in [5.41, 5.74) is 6.16. The van der Waals surface area contributed by atoms with Crippen LogP contribution in [0.3, 0.4) is 0 Å². The maximum atomic E-state index is 12.0. The van der Waals surface area contributed by atoms with Crippen molar-refractivity contribution in [2.45, 2.75) is 52.4 Å². The molecule has 3 nitrogen and oxygen atoms in total. The zero-order valence-corrected chi connectivity index (χ0v) is 14.2. The molecule has 1 heterocycles. The van der Waals surface area contributed by atoms with E-state index in [1.54, 1.807) is 0 Å². The number of amides is 1. The van der Waals surface area contributed by atoms with E-state index in [1.165, 1.54) is 42.6 Å². The minimum Gasteiger partial charge on any atom is -0.352 e. The van der Waals surface area contributed by atoms with E-state index < -0.39 is 0 Å². The molecule has 3 heteroatoms. The minimum atomic E-state index is 0.0152. The summed E-state index contributed by atoms with van der Waals surface area (Å²) in [5, 5.41) is 2.93. The van der Waals surface area contributed by atoms with Crippen molar-refractivity contribution in [3.63, 3.8) is 0 Å². The lowest BCUT2D eigenvalue weighted by molar-refractivity contribution is 0.0953. The lowest BCUT2D eigenvalue weighted by Crippen LogP contribution is -2.23. The van der Waals surface area contributed by atoms with Gasteiger partial charge in [-0.15, -0.1) is 0 Å². The van der Waals surface area contributed by atoms with Gasteiger partial charge in [0.15, 0.2) is 0 Å². The van der Waals surface area contributed by atoms with Crippen molar-refractivity contribution in [1.82, 2.24) is 9.88 Å². The first-order valence-corrected chi connectivity index (χ1v) is 8.79. The van der Waals surface area contributed by atoms with Crippen molar-refractivity contribution in [2.75, 3.05) is 6.54 Å². The average Bonchev–Trinajstić information content (AvgIpc) is 2.72. The van der Waals surface area contributed by atoms with E-state index in [0.29, 0.717) is 0 Å². The highest BCUT2D eigenvalue weighted by molar-refractivity contribution is 5.94. The molecule has 1 aliphatic carbocycles. The normalized spacial score (nSPS) is 14.2. The van der Waals surface area contributed by atoms with Crippen LogP contribution < -0.4 is 5.32 Å². The summed E-state index contributed by atoms with van der Waals surface area (Å²) >= 11 is 0. The Balaban J connectivity index is 1.88. The Morgan fingerprint density at radius 1 is 1.13 bits per heavy atom. The van der Waals surface area contributed by atoms with E-state index in [2.05, 4.69) is 41.9 Å². The van der Waals surface area contributed by atoms with Crippen LogP contribution in [0.4, 0.5) is 0 Å². The van der Waals surface area contributed by atoms with Crippen molar-refractivity contribution in [2.24, 2.45) is 0 Å². The Bertz CT molecular complexity index is 682. The summed E-state index contributed by atoms with van der Waals surface area (Å²) in [6, 6.07) is 10.3. The first kappa shape index (κ1) is 15.9. The third kappa shape index (κ3) is 3.34. The molecule has 0 unspecified atom stereocenters. The van der Waals surface area contributed by atoms with E-state index >= 15 is 0 Å². The number of nitrogens with zero attached hydrogens (tertiary/aromatic N) is 1. The summed E-state index contributed by atoms with van der Waals surface area (Å²) in [7, 11) is 0. The van der Waals surface area contributed by atoms with Crippen molar-refractivity contribution >= 4 is 5.91 Å². The molecule has 3 rings (SSSR count). The standard InChI is InChI=1S/C20H26N2O/c1-3-13-21-20(23)16-9-11-18(12-10-16)22-15(2)14-17-7-5-4-6-8-19(17)22/h9-12,14H,3-8,13H2,1-2H3,(H,21,23). The number of rotatable bonds is 4. The fourth-order valence-electron chi connectivity index (χ4n) is 3.49. The molecular formula is C20H26N2O. The van der Waals surface area contributed by atoms with E-state index in [9.17, 15) is 4.79 Å². The average molecular weight is 310 g/mol. The highest BCUT2D eigenvalue weighted by Gasteiger charge is 2.16. The fourth-order valence-corrected chi connectivity index (χ4v) is 3.49. The number of aromatic nitrogens is 1. The third-order valence-electron chi connectivity index (χ3n) is 4.66. The Labute approximate surface area is 138 Å². The lowest BCUT2D eigenvalue weighted by Gasteiger charge is -2.13. The second-order valence-corrected chi connectivity index (χ2v) is 6.46. The van der Waals surface area contributed by atoms with Gasteiger partial charge in [-0.1, -0.05) is 13.3 Å². The Morgan fingerprint density at radius 2 is 1.87 bits per heavy atom. The number of nitrogens with one attached hydrogen (secondary N) is 1. The molecule has 0 saturated carbocycles. The topological polar surface area (TPSA) is 34.0 Å². The van der Waals surface area contributed by atoms with Gasteiger partial charge in [0, 0.05) is 29.2 Å². The largest absolute Gasteiger partial charge is 0.352 e. The van der Waals surface area contributed by atoms with Gasteiger partial charge in [-0.2, -0.15) is 0 Å². The van der Waals surface area contributed by atoms with E-state index in [1.807, 2.05) is 12.1 Å². The summed E-state index contributed by atoms with van der Waals surface area (Å²) in [5.74, 6) is 0.0152. The number of carbonyl (C=O) groups is 1. The molecule has 0 bridgehead atoms. The molecular weight excluding hydrogens is 284 g/mol. The molecule has 23 heavy (non-hydrogen) atoms. The zero-order chi connectivity index (χ0) is 16.2. The number of hydrogen-bond acceptors (Lipinski definition) is 1. The maximum Gasteiger partial charge on any atom is 0.251 e. The van der Waals surface area contributed by atoms with Crippen LogP contribution >= 0.6 is 0 Å². The fraction of sp³-hybridized carbons (Fsp3) is 0.450. The van der Waals surface area contributed by atoms with Gasteiger partial charge in [-0.25, -0.2) is 0 Å². The first-order valence-electron chi connectivity index (χ1n) is 8.79. The molecule has 1 aromatic carbocycles. The van der Waals surface area contributed by atoms with E-state index in [0.717, 1.165) is 30.6 Å². The second-order valence-electron chi connectivity index (χ2n) is 6.46. The molecule has 0 saturated heterocycles. The highest BCUT2D eigenvalue weighted by Crippen LogP contribution is 2.27. The Hall–Kier alpha value is -2.03. The SMILES string of the molecule is CCCNC(=O)c1ccc(-n2c(C)cc3c2CCCCC3)cc1. The predicted molar refractivity (Wildman–Crippen MR) is 94.4 cm³/mol. The van der Waals surface area contributed by atoms with Gasteiger partial charge in [-0.05, 0) is 74.9 Å². The molecule has 1 aliphatic rings. The first-order chi connectivity index (χ1) is 11.2. The summed E-state index contributed by atoms with van der Waals surface area (Å²) in [6.07, 6.45) is 7.20. The predicted octanol–water partition coefficient (Wildman–Crippen LogP) is 4.19. The van der Waals surface area contributed by atoms with Crippen molar-refractivity contribution in [3.8, 4) is 5.69 Å². The molecule has 1 amide bonds. The monoisotopic (exact) mass is 310 g/mol. The van der Waals surface area contributed by atoms with Gasteiger partial charge in [-0.3, -0.25) is 4.79 Å². The maximum absolute atomic E-state index is 12.0. The molecule has 0 spiro atoms. The summed E-state index contributed by atoms with van der Waals surface area (Å²) < 4.78 is 2.37. The molecule has 0 aliphatic heterocycles. The van der Waals surface area contributed by atoms with Gasteiger partial charge < -0.3 is 9.88 Å². The van der Waals surface area contributed by atoms with Crippen LogP contribution in [0, 0.1) is 6.92 Å². The number of hydrogen-bond donors (Lipinski definition) is 1. The molecule has 0 atom stereocenters. The van der Waals surface area contributed by atoms with Crippen LogP contribution in [0.1, 0.15) is 59.9 Å². The van der Waals surface area contributed by atoms with Crippen LogP contribution in [-0.2, 0) is 12.8 Å². The van der Waals surface area contributed by atoms with Gasteiger partial charge in [0.1, 0.15) is 0 Å². The van der Waals surface area contributed by atoms with Gasteiger partial charge in [0.2, 0.25) is 0 Å². The molecule has 0 fully saturated rings. The molecule has 122 valence electrons. The molecule has 2 aromatic rings. The van der Waals surface area contributed by atoms with Crippen LogP contribution in [-0.4, -0.2) is 17.0 Å². The summed E-state index contributed by atoms with van der Waals surface area (Å²) in [6.45, 7) is 4.96. The van der Waals surface area contributed by atoms with E-state index in [-0.39, 0.29) is 5.91 Å². The molecule has 0 radical (unpaired) electrons. The summed E-state index contributed by atoms with van der Waals surface area (Å²) in [4.78, 5) is 12.0. The smallest absolute Gasteiger partial charge is 0.251 e. The second kappa shape index (κ2) is 7.03. The van der Waals surface area contributed by atoms with Crippen molar-refractivity contribution < 1.29 is 4.79 Å². The quantitative estimate of drug-likeness (QED) is 0.844. The van der Waals surface area contributed by atoms with Gasteiger partial charge in [0.05, 0.1) is 0 Å². The third-order valence-corrected chi connectivity index (χ3v) is 4.66.